The Kier molecular flexibility index (Phi) is 9.20. The first-order chi connectivity index (χ1) is 20.6. The SMILES string of the molecule is Cc1nc(C)c(CC(=O)N2CC[C@H]3OCc4cccc(c4)Oc4cccc(c4)CCC(=O)N(C)CC(=O)N[C@H]3C2)c(=O)[nH]1. The normalized spacial score (nSPS) is 19.9. The molecule has 11 nitrogen and oxygen atoms in total. The van der Waals surface area contributed by atoms with Gasteiger partial charge in [-0.25, -0.2) is 4.98 Å². The molecule has 3 aromatic rings. The molecule has 2 atom stereocenters. The van der Waals surface area contributed by atoms with Crippen molar-refractivity contribution in [1.29, 1.82) is 0 Å². The zero-order valence-electron chi connectivity index (χ0n) is 24.7. The maximum Gasteiger partial charge on any atom is 0.254 e. The maximum absolute atomic E-state index is 13.3. The maximum atomic E-state index is 13.3. The quantitative estimate of drug-likeness (QED) is 0.470. The Morgan fingerprint density at radius 3 is 2.49 bits per heavy atom. The lowest BCUT2D eigenvalue weighted by molar-refractivity contribution is -0.138. The van der Waals surface area contributed by atoms with E-state index in [2.05, 4.69) is 15.3 Å². The van der Waals surface area contributed by atoms with Crippen molar-refractivity contribution in [1.82, 2.24) is 25.1 Å². The molecule has 2 N–H and O–H groups in total. The number of ether oxygens (including phenoxy) is 2. The molecule has 5 rings (SSSR count). The van der Waals surface area contributed by atoms with Gasteiger partial charge in [0.1, 0.15) is 17.3 Å². The Morgan fingerprint density at radius 1 is 1.02 bits per heavy atom. The van der Waals surface area contributed by atoms with Gasteiger partial charge >= 0.3 is 0 Å². The summed E-state index contributed by atoms with van der Waals surface area (Å²) in [7, 11) is 1.60. The predicted molar refractivity (Wildman–Crippen MR) is 159 cm³/mol. The van der Waals surface area contributed by atoms with E-state index in [1.807, 2.05) is 48.5 Å². The van der Waals surface area contributed by atoms with Crippen molar-refractivity contribution in [2.24, 2.45) is 0 Å². The summed E-state index contributed by atoms with van der Waals surface area (Å²) in [4.78, 5) is 61.8. The van der Waals surface area contributed by atoms with E-state index in [9.17, 15) is 19.2 Å². The van der Waals surface area contributed by atoms with Gasteiger partial charge in [-0.1, -0.05) is 24.3 Å². The highest BCUT2D eigenvalue weighted by Crippen LogP contribution is 2.25. The van der Waals surface area contributed by atoms with Crippen LogP contribution in [-0.2, 0) is 38.6 Å². The number of carbonyl (C=O) groups is 3. The highest BCUT2D eigenvalue weighted by atomic mass is 16.5. The summed E-state index contributed by atoms with van der Waals surface area (Å²) >= 11 is 0. The lowest BCUT2D eigenvalue weighted by Crippen LogP contribution is -2.58. The molecule has 1 saturated heterocycles. The van der Waals surface area contributed by atoms with E-state index in [1.165, 1.54) is 4.90 Å². The van der Waals surface area contributed by atoms with E-state index in [1.54, 1.807) is 25.8 Å². The van der Waals surface area contributed by atoms with Crippen LogP contribution in [0.25, 0.3) is 0 Å². The Balaban J connectivity index is 1.35. The van der Waals surface area contributed by atoms with Gasteiger partial charge in [0.05, 0.1) is 31.7 Å². The van der Waals surface area contributed by atoms with Crippen molar-refractivity contribution in [3.05, 3.63) is 87.1 Å². The van der Waals surface area contributed by atoms with E-state index < -0.39 is 6.04 Å². The highest BCUT2D eigenvalue weighted by Gasteiger charge is 2.34. The first kappa shape index (κ1) is 30.0. The summed E-state index contributed by atoms with van der Waals surface area (Å²) in [5.74, 6) is 1.11. The third-order valence-electron chi connectivity index (χ3n) is 7.85. The molecule has 0 unspecified atom stereocenters. The summed E-state index contributed by atoms with van der Waals surface area (Å²) in [6.07, 6.45) is 0.770. The van der Waals surface area contributed by atoms with Crippen molar-refractivity contribution in [2.45, 2.75) is 58.3 Å². The second kappa shape index (κ2) is 13.2. The fourth-order valence-corrected chi connectivity index (χ4v) is 5.52. The minimum atomic E-state index is -0.512. The molecule has 3 heterocycles. The number of benzene rings is 2. The number of nitrogens with zero attached hydrogens (tertiary/aromatic N) is 3. The van der Waals surface area contributed by atoms with E-state index in [0.717, 1.165) is 11.1 Å². The number of likely N-dealkylation sites (tertiary alicyclic amines) is 1. The third kappa shape index (κ3) is 7.66. The number of aromatic nitrogens is 2. The van der Waals surface area contributed by atoms with Gasteiger partial charge in [0, 0.05) is 37.8 Å². The lowest BCUT2D eigenvalue weighted by atomic mass is 10.0. The van der Waals surface area contributed by atoms with Crippen LogP contribution in [0.15, 0.2) is 53.3 Å². The summed E-state index contributed by atoms with van der Waals surface area (Å²) in [6, 6.07) is 14.7. The first-order valence-corrected chi connectivity index (χ1v) is 14.5. The number of likely N-dealkylation sites (N-methyl/N-ethyl adjacent to an activating group) is 1. The molecule has 1 fully saturated rings. The number of hydrogen-bond donors (Lipinski definition) is 2. The average Bonchev–Trinajstić information content (AvgIpc) is 2.96. The molecule has 3 amide bonds. The molecule has 2 aromatic carbocycles. The summed E-state index contributed by atoms with van der Waals surface area (Å²) in [5.41, 5.74) is 2.38. The van der Waals surface area contributed by atoms with Crippen LogP contribution in [-0.4, -0.2) is 76.3 Å². The highest BCUT2D eigenvalue weighted by molar-refractivity contribution is 5.85. The van der Waals surface area contributed by atoms with Gasteiger partial charge in [0.15, 0.2) is 0 Å². The standard InChI is InChI=1S/C32H37N5O6/c1-20-26(32(41)34-21(2)33-20)16-31(40)37-13-12-28-27(17-37)35-29(38)18-36(3)30(39)11-10-22-6-4-8-24(14-22)43-25-9-5-7-23(15-25)19-42-28/h4-9,14-15,27-28H,10-13,16-19H2,1-3H3,(H,35,38)(H,33,34,41)/t27-,28+/m0/s1. The molecular formula is C32H37N5O6. The monoisotopic (exact) mass is 587 g/mol. The van der Waals surface area contributed by atoms with Gasteiger partial charge in [-0.3, -0.25) is 19.2 Å². The summed E-state index contributed by atoms with van der Waals surface area (Å²) in [5, 5.41) is 3.01. The lowest BCUT2D eigenvalue weighted by Gasteiger charge is -2.39. The van der Waals surface area contributed by atoms with Crippen LogP contribution in [0.1, 0.15) is 41.1 Å². The zero-order valence-corrected chi connectivity index (χ0v) is 24.7. The summed E-state index contributed by atoms with van der Waals surface area (Å²) < 4.78 is 12.4. The van der Waals surface area contributed by atoms with E-state index >= 15 is 0 Å². The topological polar surface area (TPSA) is 134 Å². The molecule has 0 spiro atoms. The Hall–Kier alpha value is -4.51. The van der Waals surface area contributed by atoms with Crippen LogP contribution in [0.3, 0.4) is 0 Å². The second-order valence-electron chi connectivity index (χ2n) is 11.2. The van der Waals surface area contributed by atoms with E-state index in [0.29, 0.717) is 48.0 Å². The first-order valence-electron chi connectivity index (χ1n) is 14.5. The third-order valence-corrected chi connectivity index (χ3v) is 7.85. The van der Waals surface area contributed by atoms with Crippen LogP contribution >= 0.6 is 0 Å². The summed E-state index contributed by atoms with van der Waals surface area (Å²) in [6.45, 7) is 4.18. The minimum Gasteiger partial charge on any atom is -0.457 e. The number of fused-ring (bicyclic) bond motifs is 5. The Morgan fingerprint density at radius 2 is 1.74 bits per heavy atom. The second-order valence-corrected chi connectivity index (χ2v) is 11.2. The molecular weight excluding hydrogens is 550 g/mol. The number of piperidine rings is 1. The molecule has 4 bridgehead atoms. The van der Waals surface area contributed by atoms with Crippen LogP contribution in [0.5, 0.6) is 11.5 Å². The fraction of sp³-hybridized carbons (Fsp3) is 0.406. The fourth-order valence-electron chi connectivity index (χ4n) is 5.52. The number of aromatic amines is 1. The number of H-pyrrole nitrogens is 1. The molecule has 1 aromatic heterocycles. The van der Waals surface area contributed by atoms with Gasteiger partial charge in [0.2, 0.25) is 17.7 Å². The largest absolute Gasteiger partial charge is 0.457 e. The average molecular weight is 588 g/mol. The molecule has 43 heavy (non-hydrogen) atoms. The molecule has 0 saturated carbocycles. The minimum absolute atomic E-state index is 0.0905. The van der Waals surface area contributed by atoms with Crippen LogP contribution in [0.4, 0.5) is 0 Å². The van der Waals surface area contributed by atoms with Gasteiger partial charge in [-0.05, 0) is 62.1 Å². The van der Waals surface area contributed by atoms with Gasteiger partial charge < -0.3 is 29.6 Å². The van der Waals surface area contributed by atoms with Gasteiger partial charge in [0.25, 0.3) is 5.56 Å². The number of aryl methyl sites for hydroxylation is 3. The number of amides is 3. The van der Waals surface area contributed by atoms with E-state index in [4.69, 9.17) is 9.47 Å². The van der Waals surface area contributed by atoms with E-state index in [-0.39, 0.29) is 61.9 Å². The molecule has 0 radical (unpaired) electrons. The van der Waals surface area contributed by atoms with Crippen LogP contribution < -0.4 is 15.6 Å². The van der Waals surface area contributed by atoms with Crippen molar-refractivity contribution >= 4 is 17.7 Å². The van der Waals surface area contributed by atoms with Crippen molar-refractivity contribution in [2.75, 3.05) is 26.7 Å². The predicted octanol–water partition coefficient (Wildman–Crippen LogP) is 2.43. The number of rotatable bonds is 2. The van der Waals surface area contributed by atoms with Crippen molar-refractivity contribution < 1.29 is 23.9 Å². The van der Waals surface area contributed by atoms with Crippen LogP contribution in [0, 0.1) is 13.8 Å². The van der Waals surface area contributed by atoms with Crippen LogP contribution in [0.2, 0.25) is 0 Å². The molecule has 11 heteroatoms. The molecule has 2 aliphatic heterocycles. The Bertz CT molecular complexity index is 1570. The molecule has 0 aliphatic carbocycles. The Labute approximate surface area is 250 Å². The van der Waals surface area contributed by atoms with Crippen molar-refractivity contribution in [3.8, 4) is 11.5 Å². The number of hydrogen-bond acceptors (Lipinski definition) is 7. The van der Waals surface area contributed by atoms with Crippen molar-refractivity contribution in [3.63, 3.8) is 0 Å². The molecule has 2 aliphatic rings. The van der Waals surface area contributed by atoms with Gasteiger partial charge in [-0.15, -0.1) is 0 Å². The number of carbonyl (C=O) groups excluding carboxylic acids is 3. The molecule has 226 valence electrons. The smallest absolute Gasteiger partial charge is 0.254 e. The van der Waals surface area contributed by atoms with Gasteiger partial charge in [-0.2, -0.15) is 0 Å². The number of nitrogens with one attached hydrogen (secondary N) is 2. The zero-order chi connectivity index (χ0) is 30.5.